The number of aromatic nitrogens is 3. The Balaban J connectivity index is 1.81. The van der Waals surface area contributed by atoms with E-state index in [1.807, 2.05) is 50.4 Å². The van der Waals surface area contributed by atoms with Crippen molar-refractivity contribution < 1.29 is 8.42 Å². The van der Waals surface area contributed by atoms with E-state index >= 15 is 0 Å². The summed E-state index contributed by atoms with van der Waals surface area (Å²) in [7, 11) is -1.78. The van der Waals surface area contributed by atoms with E-state index in [1.54, 1.807) is 23.9 Å². The Hall–Kier alpha value is -2.51. The molecule has 3 aromatic rings. The number of pyridine rings is 1. The molecule has 1 aromatic carbocycles. The number of nitrogens with one attached hydrogen (secondary N) is 1. The van der Waals surface area contributed by atoms with Crippen molar-refractivity contribution in [3.05, 3.63) is 65.5 Å². The molecule has 7 heteroatoms. The van der Waals surface area contributed by atoms with Crippen LogP contribution in [0.3, 0.4) is 0 Å². The van der Waals surface area contributed by atoms with Gasteiger partial charge in [-0.1, -0.05) is 18.2 Å². The van der Waals surface area contributed by atoms with Gasteiger partial charge in [-0.15, -0.1) is 0 Å². The summed E-state index contributed by atoms with van der Waals surface area (Å²) in [6.07, 6.45) is 1.71. The van der Waals surface area contributed by atoms with E-state index < -0.39 is 10.0 Å². The first-order chi connectivity index (χ1) is 11.9. The van der Waals surface area contributed by atoms with Crippen LogP contribution in [0.2, 0.25) is 0 Å². The lowest BCUT2D eigenvalue weighted by Gasteiger charge is -2.09. The van der Waals surface area contributed by atoms with Gasteiger partial charge in [-0.3, -0.25) is 9.67 Å². The lowest BCUT2D eigenvalue weighted by atomic mass is 10.2. The van der Waals surface area contributed by atoms with Gasteiger partial charge in [-0.2, -0.15) is 5.10 Å². The second-order valence-electron chi connectivity index (χ2n) is 5.95. The first-order valence-electron chi connectivity index (χ1n) is 7.88. The van der Waals surface area contributed by atoms with Gasteiger partial charge in [0.15, 0.2) is 0 Å². The molecule has 2 aromatic heterocycles. The van der Waals surface area contributed by atoms with E-state index in [2.05, 4.69) is 14.8 Å². The van der Waals surface area contributed by atoms with Gasteiger partial charge in [0.2, 0.25) is 10.0 Å². The lowest BCUT2D eigenvalue weighted by molar-refractivity contribution is 0.579. The van der Waals surface area contributed by atoms with E-state index in [-0.39, 0.29) is 6.54 Å². The van der Waals surface area contributed by atoms with Crippen LogP contribution in [0.1, 0.15) is 16.8 Å². The largest absolute Gasteiger partial charge is 0.266 e. The van der Waals surface area contributed by atoms with Crippen LogP contribution >= 0.6 is 0 Å². The molecule has 0 spiro atoms. The standard InChI is InChI=1S/C18H20N4O2S/c1-13-7-8-14(2)18(10-13)25(23,24)20-12-15-11-17(22(3)21-15)16-6-4-5-9-19-16/h4-11,20H,12H2,1-3H3. The molecular formula is C18H20N4O2S. The van der Waals surface area contributed by atoms with Gasteiger partial charge in [0.25, 0.3) is 0 Å². The first kappa shape index (κ1) is 17.3. The summed E-state index contributed by atoms with van der Waals surface area (Å²) < 4.78 is 29.5. The second-order valence-corrected chi connectivity index (χ2v) is 7.69. The summed E-state index contributed by atoms with van der Waals surface area (Å²) in [4.78, 5) is 4.60. The fourth-order valence-electron chi connectivity index (χ4n) is 2.61. The molecule has 0 aliphatic carbocycles. The maximum Gasteiger partial charge on any atom is 0.241 e. The van der Waals surface area contributed by atoms with Crippen molar-refractivity contribution in [2.75, 3.05) is 0 Å². The zero-order valence-electron chi connectivity index (χ0n) is 14.4. The molecule has 0 saturated heterocycles. The molecule has 0 atom stereocenters. The maximum absolute atomic E-state index is 12.6. The van der Waals surface area contributed by atoms with E-state index in [9.17, 15) is 8.42 Å². The topological polar surface area (TPSA) is 76.9 Å². The van der Waals surface area contributed by atoms with E-state index in [0.717, 1.165) is 17.0 Å². The van der Waals surface area contributed by atoms with Crippen molar-refractivity contribution in [2.45, 2.75) is 25.3 Å². The van der Waals surface area contributed by atoms with Crippen LogP contribution in [0.4, 0.5) is 0 Å². The number of hydrogen-bond donors (Lipinski definition) is 1. The van der Waals surface area contributed by atoms with Gasteiger partial charge in [0.05, 0.1) is 28.5 Å². The molecular weight excluding hydrogens is 336 g/mol. The lowest BCUT2D eigenvalue weighted by Crippen LogP contribution is -2.24. The van der Waals surface area contributed by atoms with Gasteiger partial charge < -0.3 is 0 Å². The van der Waals surface area contributed by atoms with Gasteiger partial charge in [0.1, 0.15) is 0 Å². The number of nitrogens with zero attached hydrogens (tertiary/aromatic N) is 3. The van der Waals surface area contributed by atoms with Crippen LogP contribution in [0.5, 0.6) is 0 Å². The molecule has 2 heterocycles. The van der Waals surface area contributed by atoms with Crippen LogP contribution in [0, 0.1) is 13.8 Å². The minimum Gasteiger partial charge on any atom is -0.266 e. The Morgan fingerprint density at radius 1 is 1.12 bits per heavy atom. The zero-order chi connectivity index (χ0) is 18.0. The molecule has 0 aliphatic heterocycles. The number of sulfonamides is 1. The Morgan fingerprint density at radius 3 is 2.64 bits per heavy atom. The van der Waals surface area contributed by atoms with E-state index in [4.69, 9.17) is 0 Å². The predicted molar refractivity (Wildman–Crippen MR) is 96.4 cm³/mol. The number of hydrogen-bond acceptors (Lipinski definition) is 4. The summed E-state index contributed by atoms with van der Waals surface area (Å²) in [5, 5.41) is 4.37. The van der Waals surface area contributed by atoms with Crippen LogP contribution in [0.25, 0.3) is 11.4 Å². The van der Waals surface area contributed by atoms with Crippen molar-refractivity contribution >= 4 is 10.0 Å². The minimum absolute atomic E-state index is 0.121. The molecule has 0 bridgehead atoms. The molecule has 6 nitrogen and oxygen atoms in total. The summed E-state index contributed by atoms with van der Waals surface area (Å²) in [5.74, 6) is 0. The molecule has 1 N–H and O–H groups in total. The summed E-state index contributed by atoms with van der Waals surface area (Å²) >= 11 is 0. The Bertz CT molecular complexity index is 995. The fourth-order valence-corrected chi connectivity index (χ4v) is 3.94. The molecule has 130 valence electrons. The number of aryl methyl sites for hydroxylation is 3. The quantitative estimate of drug-likeness (QED) is 0.762. The highest BCUT2D eigenvalue weighted by Gasteiger charge is 2.18. The molecule has 0 fully saturated rings. The molecule has 3 rings (SSSR count). The van der Waals surface area contributed by atoms with Crippen molar-refractivity contribution in [2.24, 2.45) is 7.05 Å². The van der Waals surface area contributed by atoms with Gasteiger partial charge in [-0.25, -0.2) is 13.1 Å². The fraction of sp³-hybridized carbons (Fsp3) is 0.222. The molecule has 0 unspecified atom stereocenters. The van der Waals surface area contributed by atoms with Crippen LogP contribution in [-0.4, -0.2) is 23.2 Å². The third kappa shape index (κ3) is 3.78. The Labute approximate surface area is 147 Å². The SMILES string of the molecule is Cc1ccc(C)c(S(=O)(=O)NCc2cc(-c3ccccn3)n(C)n2)c1. The van der Waals surface area contributed by atoms with Gasteiger partial charge >= 0.3 is 0 Å². The van der Waals surface area contributed by atoms with E-state index in [0.29, 0.717) is 16.2 Å². The summed E-state index contributed by atoms with van der Waals surface area (Å²) in [6, 6.07) is 12.9. The highest BCUT2D eigenvalue weighted by atomic mass is 32.2. The highest BCUT2D eigenvalue weighted by Crippen LogP contribution is 2.19. The third-order valence-corrected chi connectivity index (χ3v) is 5.48. The number of benzene rings is 1. The van der Waals surface area contributed by atoms with Crippen molar-refractivity contribution in [1.82, 2.24) is 19.5 Å². The monoisotopic (exact) mass is 356 g/mol. The first-order valence-corrected chi connectivity index (χ1v) is 9.36. The summed E-state index contributed by atoms with van der Waals surface area (Å²) in [5.41, 5.74) is 3.88. The predicted octanol–water partition coefficient (Wildman–Crippen LogP) is 2.58. The second kappa shape index (κ2) is 6.78. The molecule has 0 aliphatic rings. The third-order valence-electron chi connectivity index (χ3n) is 3.93. The zero-order valence-corrected chi connectivity index (χ0v) is 15.2. The smallest absolute Gasteiger partial charge is 0.241 e. The normalized spacial score (nSPS) is 11.6. The average molecular weight is 356 g/mol. The number of rotatable bonds is 5. The molecule has 0 radical (unpaired) electrons. The minimum atomic E-state index is -3.59. The van der Waals surface area contributed by atoms with Crippen LogP contribution in [-0.2, 0) is 23.6 Å². The van der Waals surface area contributed by atoms with Crippen molar-refractivity contribution in [3.63, 3.8) is 0 Å². The maximum atomic E-state index is 12.6. The van der Waals surface area contributed by atoms with Crippen molar-refractivity contribution in [1.29, 1.82) is 0 Å². The Kier molecular flexibility index (Phi) is 4.69. The molecule has 0 saturated carbocycles. The summed E-state index contributed by atoms with van der Waals surface area (Å²) in [6.45, 7) is 3.78. The van der Waals surface area contributed by atoms with Gasteiger partial charge in [0, 0.05) is 13.2 Å². The molecule has 25 heavy (non-hydrogen) atoms. The van der Waals surface area contributed by atoms with Crippen molar-refractivity contribution in [3.8, 4) is 11.4 Å². The Morgan fingerprint density at radius 2 is 1.92 bits per heavy atom. The van der Waals surface area contributed by atoms with Gasteiger partial charge in [-0.05, 0) is 49.2 Å². The van der Waals surface area contributed by atoms with Crippen LogP contribution in [0.15, 0.2) is 53.6 Å². The average Bonchev–Trinajstić information content (AvgIpc) is 2.97. The molecule has 0 amide bonds. The highest BCUT2D eigenvalue weighted by molar-refractivity contribution is 7.89. The van der Waals surface area contributed by atoms with E-state index in [1.165, 1.54) is 0 Å². The van der Waals surface area contributed by atoms with Crippen LogP contribution < -0.4 is 4.72 Å².